The Morgan fingerprint density at radius 1 is 0.615 bits per heavy atom. The quantitative estimate of drug-likeness (QED) is 0.176. The van der Waals surface area contributed by atoms with Crippen molar-refractivity contribution in [3.05, 3.63) is 196 Å². The predicted octanol–water partition coefficient (Wildman–Crippen LogP) is 13.6. The van der Waals surface area contributed by atoms with Crippen molar-refractivity contribution < 1.29 is 0 Å². The van der Waals surface area contributed by atoms with Crippen LogP contribution in [0.2, 0.25) is 0 Å². The van der Waals surface area contributed by atoms with Crippen molar-refractivity contribution in [1.82, 2.24) is 0 Å². The molecule has 0 spiro atoms. The minimum absolute atomic E-state index is 0.110. The summed E-state index contributed by atoms with van der Waals surface area (Å²) >= 11 is 0. The molecule has 1 nitrogen and oxygen atoms in total. The highest BCUT2D eigenvalue weighted by atomic mass is 15.2. The van der Waals surface area contributed by atoms with Gasteiger partial charge in [-0.05, 0) is 112 Å². The molecule has 0 radical (unpaired) electrons. The smallest absolute Gasteiger partial charge is 0.0546 e. The van der Waals surface area contributed by atoms with E-state index in [4.69, 9.17) is 0 Å². The topological polar surface area (TPSA) is 3.24 Å². The summed E-state index contributed by atoms with van der Waals surface area (Å²) in [5.74, 6) is 0.697. The van der Waals surface area contributed by atoms with Crippen LogP contribution in [0.25, 0.3) is 27.5 Å². The average molecular weight is 672 g/mol. The lowest BCUT2D eigenvalue weighted by Gasteiger charge is -2.40. The first-order valence-corrected chi connectivity index (χ1v) is 19.4. The van der Waals surface area contributed by atoms with Gasteiger partial charge in [-0.3, -0.25) is 0 Å². The number of anilines is 2. The molecule has 2 atom stereocenters. The van der Waals surface area contributed by atoms with Crippen LogP contribution in [0.3, 0.4) is 0 Å². The summed E-state index contributed by atoms with van der Waals surface area (Å²) in [5, 5.41) is 2.55. The molecule has 10 rings (SSSR count). The second-order valence-electron chi connectivity index (χ2n) is 15.8. The Hall–Kier alpha value is -5.40. The molecule has 254 valence electrons. The molecule has 1 heteroatoms. The average Bonchev–Trinajstić information content (AvgIpc) is 3.44. The molecule has 0 heterocycles. The van der Waals surface area contributed by atoms with E-state index in [1.807, 2.05) is 0 Å². The van der Waals surface area contributed by atoms with Crippen LogP contribution < -0.4 is 4.90 Å². The highest BCUT2D eigenvalue weighted by molar-refractivity contribution is 6.05. The molecule has 0 saturated heterocycles. The summed E-state index contributed by atoms with van der Waals surface area (Å²) in [6.07, 6.45) is 11.9. The molecule has 0 saturated carbocycles. The van der Waals surface area contributed by atoms with Crippen LogP contribution in [0.1, 0.15) is 85.6 Å². The molecular weight excluding hydrogens is 627 g/mol. The zero-order chi connectivity index (χ0) is 34.8. The third kappa shape index (κ3) is 4.82. The zero-order valence-corrected chi connectivity index (χ0v) is 30.3. The van der Waals surface area contributed by atoms with E-state index in [0.29, 0.717) is 11.8 Å². The van der Waals surface area contributed by atoms with Gasteiger partial charge in [0, 0.05) is 34.2 Å². The molecule has 0 N–H and O–H groups in total. The molecule has 6 aromatic rings. The van der Waals surface area contributed by atoms with E-state index in [0.717, 1.165) is 12.8 Å². The lowest BCUT2D eigenvalue weighted by molar-refractivity contribution is 0.602. The highest BCUT2D eigenvalue weighted by Gasteiger charge is 2.45. The van der Waals surface area contributed by atoms with E-state index in [9.17, 15) is 0 Å². The molecule has 4 aliphatic carbocycles. The normalized spacial score (nSPS) is 20.0. The first-order valence-electron chi connectivity index (χ1n) is 19.4. The van der Waals surface area contributed by atoms with Gasteiger partial charge in [-0.1, -0.05) is 153 Å². The predicted molar refractivity (Wildman–Crippen MR) is 219 cm³/mol. The fraction of sp³-hybridized carbons (Fsp3) is 0.216. The molecular formula is C51H45N. The highest BCUT2D eigenvalue weighted by Crippen LogP contribution is 2.57. The van der Waals surface area contributed by atoms with Crippen LogP contribution in [-0.4, -0.2) is 0 Å². The van der Waals surface area contributed by atoms with Crippen LogP contribution >= 0.6 is 0 Å². The summed E-state index contributed by atoms with van der Waals surface area (Å²) in [5.41, 5.74) is 18.5. The Morgan fingerprint density at radius 2 is 1.35 bits per heavy atom. The van der Waals surface area contributed by atoms with Crippen molar-refractivity contribution in [1.29, 1.82) is 0 Å². The fourth-order valence-electron chi connectivity index (χ4n) is 10.4. The second kappa shape index (κ2) is 12.4. The Balaban J connectivity index is 1.28. The SMILES string of the molecule is CC1(C)C2=C(N(c3ccccc3C3Cc4ccccc4C4=C3CCCC4)c3ccc4ccccc4c3-c3ccccc3)C=CCC2c2ccccc21. The molecule has 4 aliphatic rings. The number of para-hydroxylation sites is 1. The molecule has 0 aliphatic heterocycles. The van der Waals surface area contributed by atoms with Crippen molar-refractivity contribution in [2.24, 2.45) is 0 Å². The van der Waals surface area contributed by atoms with E-state index in [1.54, 1.807) is 11.1 Å². The zero-order valence-electron chi connectivity index (χ0n) is 30.3. The Labute approximate surface area is 308 Å². The van der Waals surface area contributed by atoms with Gasteiger partial charge in [-0.2, -0.15) is 0 Å². The number of fused-ring (bicyclic) bond motifs is 6. The number of nitrogens with zero attached hydrogens (tertiary/aromatic N) is 1. The van der Waals surface area contributed by atoms with Gasteiger partial charge in [0.15, 0.2) is 0 Å². The van der Waals surface area contributed by atoms with Gasteiger partial charge in [0.1, 0.15) is 0 Å². The number of allylic oxidation sites excluding steroid dienone is 5. The van der Waals surface area contributed by atoms with Gasteiger partial charge < -0.3 is 4.90 Å². The monoisotopic (exact) mass is 671 g/mol. The van der Waals surface area contributed by atoms with Crippen molar-refractivity contribution in [3.8, 4) is 11.1 Å². The van der Waals surface area contributed by atoms with E-state index in [1.165, 1.54) is 98.0 Å². The number of hydrogen-bond acceptors (Lipinski definition) is 1. The van der Waals surface area contributed by atoms with E-state index < -0.39 is 0 Å². The number of rotatable bonds is 5. The summed E-state index contributed by atoms with van der Waals surface area (Å²) < 4.78 is 0. The minimum atomic E-state index is -0.110. The maximum absolute atomic E-state index is 2.69. The molecule has 0 amide bonds. The maximum Gasteiger partial charge on any atom is 0.0546 e. The van der Waals surface area contributed by atoms with Crippen LogP contribution in [0.15, 0.2) is 169 Å². The van der Waals surface area contributed by atoms with Crippen molar-refractivity contribution in [3.63, 3.8) is 0 Å². The molecule has 52 heavy (non-hydrogen) atoms. The Morgan fingerprint density at radius 3 is 2.25 bits per heavy atom. The Bertz CT molecular complexity index is 2460. The van der Waals surface area contributed by atoms with Crippen LogP contribution in [0.5, 0.6) is 0 Å². The van der Waals surface area contributed by atoms with Crippen LogP contribution in [-0.2, 0) is 11.8 Å². The molecule has 0 aromatic heterocycles. The van der Waals surface area contributed by atoms with Gasteiger partial charge in [-0.15, -0.1) is 0 Å². The van der Waals surface area contributed by atoms with Crippen LogP contribution in [0.4, 0.5) is 11.4 Å². The van der Waals surface area contributed by atoms with E-state index in [-0.39, 0.29) is 5.41 Å². The third-order valence-corrected chi connectivity index (χ3v) is 12.7. The lowest BCUT2D eigenvalue weighted by Crippen LogP contribution is -2.28. The number of benzene rings is 6. The van der Waals surface area contributed by atoms with Crippen molar-refractivity contribution in [2.45, 2.75) is 69.6 Å². The molecule has 6 aromatic carbocycles. The largest absolute Gasteiger partial charge is 0.310 e. The number of hydrogen-bond donors (Lipinski definition) is 0. The molecule has 2 unspecified atom stereocenters. The second-order valence-corrected chi connectivity index (χ2v) is 15.8. The van der Waals surface area contributed by atoms with Crippen molar-refractivity contribution in [2.75, 3.05) is 4.90 Å². The first kappa shape index (κ1) is 31.3. The lowest BCUT2D eigenvalue weighted by atomic mass is 9.70. The minimum Gasteiger partial charge on any atom is -0.310 e. The molecule has 0 fully saturated rings. The van der Waals surface area contributed by atoms with Gasteiger partial charge in [-0.25, -0.2) is 0 Å². The summed E-state index contributed by atoms with van der Waals surface area (Å²) in [7, 11) is 0. The Kier molecular flexibility index (Phi) is 7.46. The summed E-state index contributed by atoms with van der Waals surface area (Å²) in [6, 6.07) is 52.6. The van der Waals surface area contributed by atoms with Gasteiger partial charge >= 0.3 is 0 Å². The van der Waals surface area contributed by atoms with E-state index >= 15 is 0 Å². The third-order valence-electron chi connectivity index (χ3n) is 12.7. The van der Waals surface area contributed by atoms with Gasteiger partial charge in [0.2, 0.25) is 0 Å². The molecule has 0 bridgehead atoms. The fourth-order valence-corrected chi connectivity index (χ4v) is 10.4. The summed E-state index contributed by atoms with van der Waals surface area (Å²) in [4.78, 5) is 2.69. The van der Waals surface area contributed by atoms with E-state index in [2.05, 4.69) is 170 Å². The maximum atomic E-state index is 2.69. The summed E-state index contributed by atoms with van der Waals surface area (Å²) in [6.45, 7) is 4.92. The van der Waals surface area contributed by atoms with Crippen molar-refractivity contribution >= 4 is 27.7 Å². The van der Waals surface area contributed by atoms with Crippen LogP contribution in [0, 0.1) is 0 Å². The standard InChI is InChI=1S/C51H45N/c1-51(2)45-28-14-12-25-41(45)43-27-16-30-48(50(43)51)52(47-32-31-34-17-6-9-22-38(34)49(47)35-18-4-3-5-19-35)46-29-15-13-26-42(46)44-33-36-20-7-8-21-37(36)39-23-10-11-24-40(39)44/h3-9,12-22,25-26,28-32,43-44H,10-11,23-24,27,33H2,1-2H3. The first-order chi connectivity index (χ1) is 25.6. The van der Waals surface area contributed by atoms with Gasteiger partial charge in [0.05, 0.1) is 5.69 Å². The van der Waals surface area contributed by atoms with Gasteiger partial charge in [0.25, 0.3) is 0 Å².